The fraction of sp³-hybridized carbons (Fsp3) is 0.167. The van der Waals surface area contributed by atoms with Gasteiger partial charge in [-0.1, -0.05) is 78.3 Å². The number of benzene rings is 3. The van der Waals surface area contributed by atoms with Gasteiger partial charge in [0.25, 0.3) is 0 Å². The van der Waals surface area contributed by atoms with Crippen molar-refractivity contribution in [3.63, 3.8) is 0 Å². The second-order valence-electron chi connectivity index (χ2n) is 7.12. The molecule has 30 heavy (non-hydrogen) atoms. The van der Waals surface area contributed by atoms with Crippen LogP contribution in [0.4, 0.5) is 4.79 Å². The highest BCUT2D eigenvalue weighted by Crippen LogP contribution is 2.44. The first-order valence-corrected chi connectivity index (χ1v) is 10.00. The number of carboxylic acids is 1. The molecule has 0 saturated heterocycles. The van der Waals surface area contributed by atoms with E-state index in [9.17, 15) is 14.7 Å². The average Bonchev–Trinajstić information content (AvgIpc) is 3.07. The van der Waals surface area contributed by atoms with Gasteiger partial charge in [0, 0.05) is 17.5 Å². The number of hydrogen-bond donors (Lipinski definition) is 2. The lowest BCUT2D eigenvalue weighted by molar-refractivity contribution is -0.138. The van der Waals surface area contributed by atoms with Gasteiger partial charge < -0.3 is 15.2 Å². The predicted molar refractivity (Wildman–Crippen MR) is 115 cm³/mol. The van der Waals surface area contributed by atoms with Gasteiger partial charge in [-0.3, -0.25) is 4.79 Å². The van der Waals surface area contributed by atoms with Crippen LogP contribution in [0, 0.1) is 0 Å². The number of rotatable bonds is 6. The van der Waals surface area contributed by atoms with E-state index in [4.69, 9.17) is 16.3 Å². The molecule has 1 unspecified atom stereocenters. The fourth-order valence-electron chi connectivity index (χ4n) is 3.92. The molecule has 2 N–H and O–H groups in total. The third kappa shape index (κ3) is 3.89. The summed E-state index contributed by atoms with van der Waals surface area (Å²) >= 11 is 6.11. The van der Waals surface area contributed by atoms with Crippen LogP contribution in [0.25, 0.3) is 11.1 Å². The van der Waals surface area contributed by atoms with Gasteiger partial charge in [-0.15, -0.1) is 0 Å². The third-order valence-corrected chi connectivity index (χ3v) is 5.72. The zero-order valence-corrected chi connectivity index (χ0v) is 16.8. The van der Waals surface area contributed by atoms with Crippen LogP contribution in [0.5, 0.6) is 0 Å². The van der Waals surface area contributed by atoms with Gasteiger partial charge in [-0.2, -0.15) is 0 Å². The number of nitrogens with one attached hydrogen (secondary N) is 1. The second kappa shape index (κ2) is 8.59. The molecule has 3 aromatic carbocycles. The van der Waals surface area contributed by atoms with Crippen molar-refractivity contribution in [2.24, 2.45) is 0 Å². The minimum Gasteiger partial charge on any atom is -0.481 e. The molecule has 0 aromatic heterocycles. The Morgan fingerprint density at radius 3 is 2.10 bits per heavy atom. The molecule has 1 atom stereocenters. The molecular formula is C24H20ClNO4. The van der Waals surface area contributed by atoms with Crippen molar-refractivity contribution in [3.8, 4) is 11.1 Å². The normalized spacial score (nSPS) is 13.2. The lowest BCUT2D eigenvalue weighted by atomic mass is 9.98. The molecule has 1 aliphatic rings. The highest BCUT2D eigenvalue weighted by molar-refractivity contribution is 6.31. The Hall–Kier alpha value is -3.31. The molecule has 5 nitrogen and oxygen atoms in total. The Balaban J connectivity index is 1.42. The molecule has 0 fully saturated rings. The Bertz CT molecular complexity index is 1050. The lowest BCUT2D eigenvalue weighted by Crippen LogP contribution is -2.33. The molecule has 6 heteroatoms. The van der Waals surface area contributed by atoms with Gasteiger partial charge in [0.2, 0.25) is 0 Å². The summed E-state index contributed by atoms with van der Waals surface area (Å²) in [4.78, 5) is 24.0. The number of carboxylic acid groups (broad SMARTS) is 1. The van der Waals surface area contributed by atoms with Crippen molar-refractivity contribution in [3.05, 3.63) is 94.5 Å². The van der Waals surface area contributed by atoms with E-state index in [0.29, 0.717) is 10.6 Å². The van der Waals surface area contributed by atoms with Crippen molar-refractivity contribution in [1.82, 2.24) is 5.32 Å². The third-order valence-electron chi connectivity index (χ3n) is 5.37. The first-order chi connectivity index (χ1) is 14.6. The van der Waals surface area contributed by atoms with Crippen LogP contribution < -0.4 is 5.32 Å². The summed E-state index contributed by atoms with van der Waals surface area (Å²) < 4.78 is 5.46. The van der Waals surface area contributed by atoms with Crippen molar-refractivity contribution < 1.29 is 19.4 Å². The molecular weight excluding hydrogens is 402 g/mol. The lowest BCUT2D eigenvalue weighted by Gasteiger charge is -2.17. The number of carbonyl (C=O) groups excluding carboxylic acids is 1. The highest BCUT2D eigenvalue weighted by Gasteiger charge is 2.29. The topological polar surface area (TPSA) is 75.6 Å². The van der Waals surface area contributed by atoms with Crippen LogP contribution in [0.1, 0.15) is 28.5 Å². The Morgan fingerprint density at radius 1 is 0.933 bits per heavy atom. The van der Waals surface area contributed by atoms with Crippen LogP contribution >= 0.6 is 11.6 Å². The smallest absolute Gasteiger partial charge is 0.407 e. The van der Waals surface area contributed by atoms with Crippen LogP contribution in [0.2, 0.25) is 5.02 Å². The summed E-state index contributed by atoms with van der Waals surface area (Å²) in [5, 5.41) is 12.4. The summed E-state index contributed by atoms with van der Waals surface area (Å²) in [7, 11) is 0. The SMILES string of the molecule is O=C(NCC(C(=O)O)c1ccccc1Cl)OCC1c2ccccc2-c2ccccc21. The maximum Gasteiger partial charge on any atom is 0.407 e. The quantitative estimate of drug-likeness (QED) is 0.584. The average molecular weight is 422 g/mol. The standard InChI is InChI=1S/C24H20ClNO4/c25-22-12-6-5-11-19(22)20(23(27)28)13-26-24(29)30-14-21-17-9-3-1-7-15(17)16-8-2-4-10-18(16)21/h1-12,20-21H,13-14H2,(H,26,29)(H,27,28). The number of fused-ring (bicyclic) bond motifs is 3. The van der Waals surface area contributed by atoms with Crippen molar-refractivity contribution in [1.29, 1.82) is 0 Å². The predicted octanol–water partition coefficient (Wildman–Crippen LogP) is 5.05. The highest BCUT2D eigenvalue weighted by atomic mass is 35.5. The molecule has 0 heterocycles. The molecule has 1 aliphatic carbocycles. The monoisotopic (exact) mass is 421 g/mol. The summed E-state index contributed by atoms with van der Waals surface area (Å²) in [6.45, 7) is 0.0550. The first-order valence-electron chi connectivity index (χ1n) is 9.62. The van der Waals surface area contributed by atoms with E-state index in [0.717, 1.165) is 22.3 Å². The number of carbonyl (C=O) groups is 2. The molecule has 0 saturated carbocycles. The number of halogens is 1. The van der Waals surface area contributed by atoms with Crippen LogP contribution in [0.15, 0.2) is 72.8 Å². The van der Waals surface area contributed by atoms with E-state index >= 15 is 0 Å². The Labute approximate surface area is 179 Å². The van der Waals surface area contributed by atoms with E-state index in [1.54, 1.807) is 24.3 Å². The first kappa shape index (κ1) is 20.0. The maximum absolute atomic E-state index is 12.3. The van der Waals surface area contributed by atoms with Gasteiger partial charge in [-0.25, -0.2) is 4.79 Å². The minimum atomic E-state index is -1.07. The van der Waals surface area contributed by atoms with Gasteiger partial charge >= 0.3 is 12.1 Å². The summed E-state index contributed by atoms with van der Waals surface area (Å²) in [5.41, 5.74) is 4.97. The van der Waals surface area contributed by atoms with Crippen molar-refractivity contribution >= 4 is 23.7 Å². The van der Waals surface area contributed by atoms with Crippen LogP contribution in [-0.2, 0) is 9.53 Å². The molecule has 152 valence electrons. The molecule has 0 spiro atoms. The molecule has 0 radical (unpaired) electrons. The molecule has 3 aromatic rings. The number of amides is 1. The number of aliphatic carboxylic acids is 1. The zero-order chi connectivity index (χ0) is 21.1. The zero-order valence-electron chi connectivity index (χ0n) is 16.0. The summed E-state index contributed by atoms with van der Waals surface area (Å²) in [5.74, 6) is -2.08. The van der Waals surface area contributed by atoms with Gasteiger partial charge in [-0.05, 0) is 33.9 Å². The Morgan fingerprint density at radius 2 is 1.50 bits per heavy atom. The van der Waals surface area contributed by atoms with Gasteiger partial charge in [0.15, 0.2) is 0 Å². The second-order valence-corrected chi connectivity index (χ2v) is 7.53. The van der Waals surface area contributed by atoms with E-state index in [1.807, 2.05) is 36.4 Å². The van der Waals surface area contributed by atoms with Crippen LogP contribution in [0.3, 0.4) is 0 Å². The van der Waals surface area contributed by atoms with Crippen molar-refractivity contribution in [2.45, 2.75) is 11.8 Å². The molecule has 0 aliphatic heterocycles. The fourth-order valence-corrected chi connectivity index (χ4v) is 4.19. The summed E-state index contributed by atoms with van der Waals surface area (Å²) in [6, 6.07) is 22.8. The van der Waals surface area contributed by atoms with E-state index in [-0.39, 0.29) is 19.1 Å². The number of hydrogen-bond acceptors (Lipinski definition) is 3. The Kier molecular flexibility index (Phi) is 5.72. The maximum atomic E-state index is 12.3. The van der Waals surface area contributed by atoms with E-state index < -0.39 is 18.0 Å². The van der Waals surface area contributed by atoms with Gasteiger partial charge in [0.05, 0.1) is 0 Å². The largest absolute Gasteiger partial charge is 0.481 e. The number of ether oxygens (including phenoxy) is 1. The van der Waals surface area contributed by atoms with Gasteiger partial charge in [0.1, 0.15) is 12.5 Å². The van der Waals surface area contributed by atoms with E-state index in [1.165, 1.54) is 0 Å². The molecule has 4 rings (SSSR count). The molecule has 0 bridgehead atoms. The van der Waals surface area contributed by atoms with E-state index in [2.05, 4.69) is 17.4 Å². The summed E-state index contributed by atoms with van der Waals surface area (Å²) in [6.07, 6.45) is -0.657. The number of alkyl carbamates (subject to hydrolysis) is 1. The minimum absolute atomic E-state index is 0.0537. The van der Waals surface area contributed by atoms with Crippen LogP contribution in [-0.4, -0.2) is 30.3 Å². The van der Waals surface area contributed by atoms with Crippen molar-refractivity contribution in [2.75, 3.05) is 13.2 Å². The molecule has 1 amide bonds.